The fourth-order valence-electron chi connectivity index (χ4n) is 1.66. The highest BCUT2D eigenvalue weighted by Crippen LogP contribution is 2.23. The second-order valence-electron chi connectivity index (χ2n) is 4.44. The number of rotatable bonds is 4. The minimum absolute atomic E-state index is 0.329. The molecule has 0 amide bonds. The maximum Gasteiger partial charge on any atom is 0.331 e. The molecule has 0 radical (unpaired) electrons. The first-order valence-corrected chi connectivity index (χ1v) is 6.23. The largest absolute Gasteiger partial charge is 0.462 e. The number of aryl methyl sites for hydroxylation is 1. The third-order valence-electron chi connectivity index (χ3n) is 2.80. The molecule has 0 aliphatic rings. The van der Waals surface area contributed by atoms with E-state index in [-0.39, 0.29) is 0 Å². The fourth-order valence-corrected chi connectivity index (χ4v) is 1.66. The molecule has 0 atom stereocenters. The molecule has 8 heteroatoms. The molecule has 1 aromatic heterocycles. The fraction of sp³-hybridized carbons (Fsp3) is 0.133. The highest BCUT2D eigenvalue weighted by molar-refractivity contribution is 5.86. The summed E-state index contributed by atoms with van der Waals surface area (Å²) in [6.45, 7) is 0.574. The molecule has 0 N–H and O–H groups in total. The summed E-state index contributed by atoms with van der Waals surface area (Å²) < 4.78 is 75.1. The molecule has 0 aliphatic carbocycles. The Morgan fingerprint density at radius 2 is 1.61 bits per heavy atom. The van der Waals surface area contributed by atoms with Gasteiger partial charge in [-0.2, -0.15) is 0 Å². The van der Waals surface area contributed by atoms with E-state index in [1.807, 2.05) is 0 Å². The minimum atomic E-state index is -2.27. The smallest absolute Gasteiger partial charge is 0.331 e. The number of benzene rings is 1. The zero-order valence-corrected chi connectivity index (χ0v) is 11.6. The van der Waals surface area contributed by atoms with Crippen LogP contribution in [0.1, 0.15) is 17.1 Å². The Morgan fingerprint density at radius 1 is 1.04 bits per heavy atom. The van der Waals surface area contributed by atoms with Crippen molar-refractivity contribution in [2.45, 2.75) is 13.5 Å². The Kier molecular flexibility index (Phi) is 4.83. The summed E-state index contributed by atoms with van der Waals surface area (Å²) in [5.41, 5.74) is -1.23. The van der Waals surface area contributed by atoms with Crippen LogP contribution >= 0.6 is 0 Å². The predicted molar refractivity (Wildman–Crippen MR) is 68.5 cm³/mol. The average molecular weight is 332 g/mol. The van der Waals surface area contributed by atoms with Gasteiger partial charge in [-0.25, -0.2) is 26.7 Å². The van der Waals surface area contributed by atoms with E-state index >= 15 is 0 Å². The third kappa shape index (κ3) is 3.58. The third-order valence-corrected chi connectivity index (χ3v) is 2.80. The highest BCUT2D eigenvalue weighted by atomic mass is 19.2. The van der Waals surface area contributed by atoms with Crippen molar-refractivity contribution in [2.24, 2.45) is 0 Å². The van der Waals surface area contributed by atoms with Gasteiger partial charge in [0.2, 0.25) is 5.82 Å². The summed E-state index contributed by atoms with van der Waals surface area (Å²) in [6, 6.07) is 3.20. The summed E-state index contributed by atoms with van der Waals surface area (Å²) in [4.78, 5) is 11.4. The number of carbonyl (C=O) groups excluding carboxylic acids is 1. The van der Waals surface area contributed by atoms with Crippen molar-refractivity contribution < 1.29 is 35.9 Å². The van der Waals surface area contributed by atoms with E-state index in [2.05, 4.69) is 4.74 Å². The van der Waals surface area contributed by atoms with E-state index in [4.69, 9.17) is 4.42 Å². The second-order valence-corrected chi connectivity index (χ2v) is 4.44. The lowest BCUT2D eigenvalue weighted by molar-refractivity contribution is -0.139. The standard InChI is InChI=1S/C15H9F5O3/c1-7-2-3-8(23-7)4-5-10(21)22-6-9-11(16)13(18)15(20)14(19)12(9)17/h2-5H,6H2,1H3/b5-4+. The van der Waals surface area contributed by atoms with Gasteiger partial charge >= 0.3 is 5.97 Å². The van der Waals surface area contributed by atoms with Crippen LogP contribution < -0.4 is 0 Å². The van der Waals surface area contributed by atoms with Gasteiger partial charge in [0.05, 0.1) is 5.56 Å². The van der Waals surface area contributed by atoms with Crippen LogP contribution in [0.4, 0.5) is 22.0 Å². The van der Waals surface area contributed by atoms with Gasteiger partial charge in [0.1, 0.15) is 18.1 Å². The Bertz CT molecular complexity index is 751. The van der Waals surface area contributed by atoms with E-state index in [1.54, 1.807) is 19.1 Å². The first-order chi connectivity index (χ1) is 10.8. The number of hydrogen-bond acceptors (Lipinski definition) is 3. The molecule has 0 aliphatic heterocycles. The number of carbonyl (C=O) groups is 1. The zero-order valence-electron chi connectivity index (χ0n) is 11.6. The van der Waals surface area contributed by atoms with E-state index < -0.39 is 47.2 Å². The van der Waals surface area contributed by atoms with Crippen molar-refractivity contribution in [2.75, 3.05) is 0 Å². The first-order valence-electron chi connectivity index (χ1n) is 6.23. The van der Waals surface area contributed by atoms with Crippen LogP contribution in [0.5, 0.6) is 0 Å². The molecular weight excluding hydrogens is 323 g/mol. The predicted octanol–water partition coefficient (Wildman–Crippen LogP) is 4.04. The van der Waals surface area contributed by atoms with E-state index in [9.17, 15) is 26.7 Å². The lowest BCUT2D eigenvalue weighted by Crippen LogP contribution is -2.10. The maximum atomic E-state index is 13.4. The zero-order chi connectivity index (χ0) is 17.1. The van der Waals surface area contributed by atoms with Crippen molar-refractivity contribution >= 4 is 12.0 Å². The molecule has 1 aromatic carbocycles. The second kappa shape index (κ2) is 6.64. The van der Waals surface area contributed by atoms with Gasteiger partial charge in [-0.3, -0.25) is 0 Å². The Balaban J connectivity index is 2.09. The Labute approximate surface area is 127 Å². The minimum Gasteiger partial charge on any atom is -0.462 e. The molecule has 0 saturated heterocycles. The molecular formula is C15H9F5O3. The van der Waals surface area contributed by atoms with Gasteiger partial charge in [-0.15, -0.1) is 0 Å². The molecule has 0 spiro atoms. The molecule has 122 valence electrons. The van der Waals surface area contributed by atoms with Gasteiger partial charge in [0, 0.05) is 6.08 Å². The molecule has 0 unspecified atom stereocenters. The number of ether oxygens (including phenoxy) is 1. The summed E-state index contributed by atoms with van der Waals surface area (Å²) in [5.74, 6) is -10.7. The average Bonchev–Trinajstić information content (AvgIpc) is 2.94. The molecule has 2 aromatic rings. The molecule has 2 rings (SSSR count). The van der Waals surface area contributed by atoms with Crippen LogP contribution in [0.15, 0.2) is 22.6 Å². The summed E-state index contributed by atoms with van der Waals surface area (Å²) in [5, 5.41) is 0. The molecule has 0 saturated carbocycles. The number of hydrogen-bond donors (Lipinski definition) is 0. The van der Waals surface area contributed by atoms with Crippen LogP contribution in [0.2, 0.25) is 0 Å². The van der Waals surface area contributed by atoms with Crippen LogP contribution in [0, 0.1) is 36.0 Å². The maximum absolute atomic E-state index is 13.4. The first kappa shape index (κ1) is 16.7. The van der Waals surface area contributed by atoms with Crippen molar-refractivity contribution in [3.63, 3.8) is 0 Å². The molecule has 3 nitrogen and oxygen atoms in total. The van der Waals surface area contributed by atoms with Gasteiger partial charge in [-0.05, 0) is 25.1 Å². The van der Waals surface area contributed by atoms with Gasteiger partial charge < -0.3 is 9.15 Å². The Morgan fingerprint density at radius 3 is 2.13 bits per heavy atom. The van der Waals surface area contributed by atoms with E-state index in [0.29, 0.717) is 11.5 Å². The summed E-state index contributed by atoms with van der Waals surface area (Å²) in [7, 11) is 0. The topological polar surface area (TPSA) is 39.4 Å². The van der Waals surface area contributed by atoms with Crippen LogP contribution in [0.3, 0.4) is 0 Å². The molecule has 1 heterocycles. The van der Waals surface area contributed by atoms with Crippen molar-refractivity contribution in [1.29, 1.82) is 0 Å². The van der Waals surface area contributed by atoms with Crippen LogP contribution in [-0.4, -0.2) is 5.97 Å². The highest BCUT2D eigenvalue weighted by Gasteiger charge is 2.26. The monoisotopic (exact) mass is 332 g/mol. The summed E-state index contributed by atoms with van der Waals surface area (Å²) in [6.07, 6.45) is 2.12. The number of esters is 1. The van der Waals surface area contributed by atoms with Gasteiger partial charge in [0.15, 0.2) is 23.3 Å². The van der Waals surface area contributed by atoms with E-state index in [1.165, 1.54) is 6.08 Å². The van der Waals surface area contributed by atoms with E-state index in [0.717, 1.165) is 6.08 Å². The SMILES string of the molecule is Cc1ccc(/C=C/C(=O)OCc2c(F)c(F)c(F)c(F)c2F)o1. The normalized spacial score (nSPS) is 11.2. The quantitative estimate of drug-likeness (QED) is 0.279. The van der Waals surface area contributed by atoms with Gasteiger partial charge in [0.25, 0.3) is 0 Å². The van der Waals surface area contributed by atoms with Crippen LogP contribution in [0.25, 0.3) is 6.08 Å². The molecule has 23 heavy (non-hydrogen) atoms. The number of halogens is 5. The lowest BCUT2D eigenvalue weighted by atomic mass is 10.2. The van der Waals surface area contributed by atoms with Crippen LogP contribution in [-0.2, 0) is 16.1 Å². The Hall–Kier alpha value is -2.64. The van der Waals surface area contributed by atoms with Crippen molar-refractivity contribution in [1.82, 2.24) is 0 Å². The molecule has 0 bridgehead atoms. The van der Waals surface area contributed by atoms with Crippen molar-refractivity contribution in [3.05, 3.63) is 64.4 Å². The van der Waals surface area contributed by atoms with Gasteiger partial charge in [-0.1, -0.05) is 0 Å². The molecule has 0 fully saturated rings. The van der Waals surface area contributed by atoms with Crippen molar-refractivity contribution in [3.8, 4) is 0 Å². The summed E-state index contributed by atoms with van der Waals surface area (Å²) >= 11 is 0. The number of furan rings is 1. The lowest BCUT2D eigenvalue weighted by Gasteiger charge is -2.08.